The second kappa shape index (κ2) is 7.21. The van der Waals surface area contributed by atoms with Gasteiger partial charge in [0.05, 0.1) is 37.3 Å². The third-order valence-corrected chi connectivity index (χ3v) is 4.46. The van der Waals surface area contributed by atoms with Gasteiger partial charge < -0.3 is 4.90 Å². The van der Waals surface area contributed by atoms with Crippen molar-refractivity contribution in [1.82, 2.24) is 14.8 Å². The Morgan fingerprint density at radius 3 is 2.83 bits per heavy atom. The van der Waals surface area contributed by atoms with E-state index in [4.69, 9.17) is 7.85 Å². The molecule has 0 bridgehead atoms. The average molecular weight is 328 g/mol. The molecule has 0 saturated carbocycles. The largest absolute Gasteiger partial charge is 0.310 e. The topological polar surface area (TPSA) is 51.0 Å². The van der Waals surface area contributed by atoms with Crippen molar-refractivity contribution in [3.05, 3.63) is 36.4 Å². The van der Waals surface area contributed by atoms with E-state index in [1.54, 1.807) is 40.7 Å². The Balaban J connectivity index is 2.36. The van der Waals surface area contributed by atoms with Crippen LogP contribution in [0.2, 0.25) is 5.31 Å². The number of anilines is 1. The van der Waals surface area contributed by atoms with Crippen LogP contribution in [0.15, 0.2) is 30.7 Å². The Labute approximate surface area is 142 Å². The SMILES string of the molecule is [B]C(C)(CSC)C(=O)N(CC)c1cn(-c2cccnc2)nc1C. The quantitative estimate of drug-likeness (QED) is 0.765. The van der Waals surface area contributed by atoms with Gasteiger partial charge in [-0.05, 0) is 38.0 Å². The number of amides is 1. The van der Waals surface area contributed by atoms with Crippen LogP contribution in [-0.4, -0.2) is 47.1 Å². The molecule has 0 aliphatic rings. The van der Waals surface area contributed by atoms with E-state index in [9.17, 15) is 4.79 Å². The smallest absolute Gasteiger partial charge is 0.224 e. The zero-order valence-corrected chi connectivity index (χ0v) is 14.8. The summed E-state index contributed by atoms with van der Waals surface area (Å²) in [6.45, 7) is 6.14. The Bertz CT molecular complexity index is 672. The first-order chi connectivity index (χ1) is 10.9. The molecular weight excluding hydrogens is 307 g/mol. The van der Waals surface area contributed by atoms with Crippen LogP contribution in [0.4, 0.5) is 5.69 Å². The molecule has 120 valence electrons. The summed E-state index contributed by atoms with van der Waals surface area (Å²) in [4.78, 5) is 18.6. The van der Waals surface area contributed by atoms with Crippen molar-refractivity contribution in [3.63, 3.8) is 0 Å². The molecule has 0 spiro atoms. The Morgan fingerprint density at radius 2 is 2.26 bits per heavy atom. The van der Waals surface area contributed by atoms with Gasteiger partial charge in [0.25, 0.3) is 0 Å². The minimum absolute atomic E-state index is 0.0943. The molecule has 0 fully saturated rings. The number of hydrogen-bond donors (Lipinski definition) is 0. The normalized spacial score (nSPS) is 13.6. The zero-order valence-electron chi connectivity index (χ0n) is 14.0. The highest BCUT2D eigenvalue weighted by molar-refractivity contribution is 7.98. The van der Waals surface area contributed by atoms with Crippen LogP contribution in [0, 0.1) is 6.92 Å². The van der Waals surface area contributed by atoms with E-state index < -0.39 is 5.31 Å². The number of carbonyl (C=O) groups is 1. The van der Waals surface area contributed by atoms with E-state index in [1.165, 1.54) is 0 Å². The van der Waals surface area contributed by atoms with E-state index in [1.807, 2.05) is 38.4 Å². The second-order valence-corrected chi connectivity index (χ2v) is 6.52. The van der Waals surface area contributed by atoms with E-state index in [-0.39, 0.29) is 5.91 Å². The number of nitrogens with zero attached hydrogens (tertiary/aromatic N) is 4. The molecule has 2 rings (SSSR count). The summed E-state index contributed by atoms with van der Waals surface area (Å²) < 4.78 is 1.73. The fourth-order valence-electron chi connectivity index (χ4n) is 2.43. The maximum absolute atomic E-state index is 12.8. The van der Waals surface area contributed by atoms with Crippen LogP contribution in [0.3, 0.4) is 0 Å². The highest BCUT2D eigenvalue weighted by Gasteiger charge is 2.32. The van der Waals surface area contributed by atoms with Crippen molar-refractivity contribution in [1.29, 1.82) is 0 Å². The number of thioether (sulfide) groups is 1. The van der Waals surface area contributed by atoms with Gasteiger partial charge in [0.15, 0.2) is 0 Å². The molecule has 2 heterocycles. The lowest BCUT2D eigenvalue weighted by molar-refractivity contribution is -0.120. The van der Waals surface area contributed by atoms with E-state index in [0.29, 0.717) is 12.3 Å². The number of aromatic nitrogens is 3. The van der Waals surface area contributed by atoms with Gasteiger partial charge in [-0.25, -0.2) is 4.68 Å². The molecule has 23 heavy (non-hydrogen) atoms. The van der Waals surface area contributed by atoms with Gasteiger partial charge in [-0.2, -0.15) is 16.9 Å². The highest BCUT2D eigenvalue weighted by Crippen LogP contribution is 2.31. The monoisotopic (exact) mass is 328 g/mol. The number of carbonyl (C=O) groups excluding carboxylic acids is 1. The van der Waals surface area contributed by atoms with Gasteiger partial charge >= 0.3 is 0 Å². The molecule has 0 aliphatic heterocycles. The van der Waals surface area contributed by atoms with Crippen LogP contribution in [-0.2, 0) is 4.79 Å². The molecule has 2 aromatic rings. The van der Waals surface area contributed by atoms with Gasteiger partial charge in [-0.15, -0.1) is 0 Å². The fourth-order valence-corrected chi connectivity index (χ4v) is 3.15. The van der Waals surface area contributed by atoms with Crippen molar-refractivity contribution in [2.24, 2.45) is 0 Å². The molecule has 0 N–H and O–H groups in total. The molecular formula is C16H21BN4OS. The Hall–Kier alpha value is -1.76. The van der Waals surface area contributed by atoms with Gasteiger partial charge in [0.1, 0.15) is 0 Å². The molecule has 0 aromatic carbocycles. The van der Waals surface area contributed by atoms with Crippen LogP contribution < -0.4 is 4.90 Å². The summed E-state index contributed by atoms with van der Waals surface area (Å²) in [6, 6.07) is 3.77. The summed E-state index contributed by atoms with van der Waals surface area (Å²) in [5.41, 5.74) is 2.41. The standard InChI is InChI=1S/C16H21BN4OS/c1-5-20(15(22)16(3,17)11-23-4)14-10-21(19-12(14)2)13-7-6-8-18-9-13/h6-10H,5,11H2,1-4H3. The first kappa shape index (κ1) is 17.6. The van der Waals surface area contributed by atoms with Gasteiger partial charge in [-0.3, -0.25) is 9.78 Å². The predicted molar refractivity (Wildman–Crippen MR) is 96.6 cm³/mol. The summed E-state index contributed by atoms with van der Waals surface area (Å²) in [5.74, 6) is 0.473. The molecule has 1 amide bonds. The zero-order chi connectivity index (χ0) is 17.0. The molecule has 7 heteroatoms. The average Bonchev–Trinajstić information content (AvgIpc) is 2.91. The van der Waals surface area contributed by atoms with E-state index in [0.717, 1.165) is 17.1 Å². The van der Waals surface area contributed by atoms with Crippen LogP contribution in [0.1, 0.15) is 19.5 Å². The molecule has 1 unspecified atom stereocenters. The lowest BCUT2D eigenvalue weighted by Gasteiger charge is -2.30. The molecule has 5 nitrogen and oxygen atoms in total. The summed E-state index contributed by atoms with van der Waals surface area (Å²) >= 11 is 1.56. The van der Waals surface area contributed by atoms with E-state index >= 15 is 0 Å². The number of hydrogen-bond acceptors (Lipinski definition) is 4. The van der Waals surface area contributed by atoms with E-state index in [2.05, 4.69) is 10.1 Å². The van der Waals surface area contributed by atoms with Crippen LogP contribution in [0.25, 0.3) is 5.69 Å². The number of rotatable bonds is 6. The summed E-state index contributed by atoms with van der Waals surface area (Å²) in [6.07, 6.45) is 7.24. The van der Waals surface area contributed by atoms with Crippen molar-refractivity contribution >= 4 is 31.2 Å². The van der Waals surface area contributed by atoms with Gasteiger partial charge in [0, 0.05) is 18.1 Å². The highest BCUT2D eigenvalue weighted by atomic mass is 32.2. The van der Waals surface area contributed by atoms with Gasteiger partial charge in [0.2, 0.25) is 5.91 Å². The van der Waals surface area contributed by atoms with Crippen LogP contribution >= 0.6 is 11.8 Å². The van der Waals surface area contributed by atoms with Crippen molar-refractivity contribution in [2.45, 2.75) is 26.1 Å². The molecule has 1 atom stereocenters. The molecule has 2 aromatic heterocycles. The third kappa shape index (κ3) is 3.78. The Kier molecular flexibility index (Phi) is 5.52. The first-order valence-electron chi connectivity index (χ1n) is 7.47. The number of aryl methyl sites for hydroxylation is 1. The first-order valence-corrected chi connectivity index (χ1v) is 8.86. The third-order valence-electron chi connectivity index (χ3n) is 3.57. The molecule has 0 saturated heterocycles. The van der Waals surface area contributed by atoms with Crippen molar-refractivity contribution < 1.29 is 4.79 Å². The lowest BCUT2D eigenvalue weighted by atomic mass is 9.71. The fraction of sp³-hybridized carbons (Fsp3) is 0.438. The predicted octanol–water partition coefficient (Wildman–Crippen LogP) is 2.64. The van der Waals surface area contributed by atoms with Crippen LogP contribution in [0.5, 0.6) is 0 Å². The van der Waals surface area contributed by atoms with Gasteiger partial charge in [-0.1, -0.05) is 6.92 Å². The van der Waals surface area contributed by atoms with Crippen molar-refractivity contribution in [3.8, 4) is 5.69 Å². The molecule has 0 aliphatic carbocycles. The molecule has 2 radical (unpaired) electrons. The Morgan fingerprint density at radius 1 is 1.52 bits per heavy atom. The minimum atomic E-state index is -0.904. The second-order valence-electron chi connectivity index (χ2n) is 5.66. The van der Waals surface area contributed by atoms with Crippen molar-refractivity contribution in [2.75, 3.05) is 23.5 Å². The number of pyridine rings is 1. The maximum Gasteiger partial charge on any atom is 0.224 e. The minimum Gasteiger partial charge on any atom is -0.310 e. The maximum atomic E-state index is 12.8. The summed E-state index contributed by atoms with van der Waals surface area (Å²) in [5, 5.41) is 3.59. The lowest BCUT2D eigenvalue weighted by Crippen LogP contribution is -2.40. The summed E-state index contributed by atoms with van der Waals surface area (Å²) in [7, 11) is 6.20.